The predicted octanol–water partition coefficient (Wildman–Crippen LogP) is 4.41. The molecule has 5 rings (SSSR count). The maximum atomic E-state index is 12.7. The Kier molecular flexibility index (Phi) is 5.68. The number of hydrogen-bond acceptors (Lipinski definition) is 4. The van der Waals surface area contributed by atoms with Crippen LogP contribution in [0.5, 0.6) is 0 Å². The molecule has 6 nitrogen and oxygen atoms in total. The van der Waals surface area contributed by atoms with Gasteiger partial charge in [-0.1, -0.05) is 36.4 Å². The van der Waals surface area contributed by atoms with Gasteiger partial charge in [0, 0.05) is 43.1 Å². The first-order valence-electron chi connectivity index (χ1n) is 10.8. The number of benzene rings is 3. The third kappa shape index (κ3) is 4.40. The topological polar surface area (TPSA) is 73.0 Å². The molecule has 4 aromatic rings. The fraction of sp³-hybridized carbons (Fsp3) is 0.154. The molecule has 1 amide bonds. The summed E-state index contributed by atoms with van der Waals surface area (Å²) in [5, 5.41) is 6.34. The van der Waals surface area contributed by atoms with Crippen molar-refractivity contribution >= 4 is 17.3 Å². The molecule has 160 valence electrons. The lowest BCUT2D eigenvalue weighted by molar-refractivity contribution is 0.102. The van der Waals surface area contributed by atoms with E-state index in [9.17, 15) is 4.79 Å². The molecular formula is C26H25N5O. The first-order valence-corrected chi connectivity index (χ1v) is 10.8. The van der Waals surface area contributed by atoms with Gasteiger partial charge in [-0.05, 0) is 53.1 Å². The molecule has 1 fully saturated rings. The van der Waals surface area contributed by atoms with Gasteiger partial charge in [-0.25, -0.2) is 4.98 Å². The van der Waals surface area contributed by atoms with E-state index in [1.54, 1.807) is 6.33 Å². The minimum absolute atomic E-state index is 0.103. The molecule has 3 N–H and O–H groups in total. The number of rotatable bonds is 5. The van der Waals surface area contributed by atoms with E-state index < -0.39 is 0 Å². The zero-order valence-corrected chi connectivity index (χ0v) is 17.7. The van der Waals surface area contributed by atoms with Crippen molar-refractivity contribution < 1.29 is 4.79 Å². The molecule has 6 heteroatoms. The maximum Gasteiger partial charge on any atom is 0.255 e. The molecule has 1 aliphatic heterocycles. The van der Waals surface area contributed by atoms with Crippen LogP contribution < -0.4 is 15.5 Å². The van der Waals surface area contributed by atoms with Crippen molar-refractivity contribution in [2.45, 2.75) is 0 Å². The number of carbonyl (C=O) groups is 1. The number of anilines is 2. The second kappa shape index (κ2) is 9.08. The van der Waals surface area contributed by atoms with Crippen molar-refractivity contribution in [3.63, 3.8) is 0 Å². The average molecular weight is 424 g/mol. The Morgan fingerprint density at radius 2 is 1.44 bits per heavy atom. The number of hydrogen-bond donors (Lipinski definition) is 3. The lowest BCUT2D eigenvalue weighted by Crippen LogP contribution is -2.43. The van der Waals surface area contributed by atoms with Crippen LogP contribution in [0.2, 0.25) is 0 Å². The summed E-state index contributed by atoms with van der Waals surface area (Å²) in [5.41, 5.74) is 6.90. The molecule has 0 atom stereocenters. The number of H-pyrrole nitrogens is 1. The molecule has 1 aromatic heterocycles. The highest BCUT2D eigenvalue weighted by atomic mass is 16.1. The monoisotopic (exact) mass is 423 g/mol. The number of amides is 1. The zero-order chi connectivity index (χ0) is 21.8. The van der Waals surface area contributed by atoms with Crippen molar-refractivity contribution in [3.8, 4) is 22.4 Å². The zero-order valence-electron chi connectivity index (χ0n) is 17.7. The Bertz CT molecular complexity index is 1160. The van der Waals surface area contributed by atoms with E-state index in [2.05, 4.69) is 49.8 Å². The molecule has 1 aliphatic rings. The summed E-state index contributed by atoms with van der Waals surface area (Å²) in [4.78, 5) is 22.2. The minimum atomic E-state index is -0.103. The standard InChI is InChI=1S/C26H25N5O/c32-26(22-7-11-24(12-8-22)31-15-13-27-14-16-31)30-23-9-5-20(6-10-23)19-1-3-21(4-2-19)25-17-28-18-29-25/h1-12,17-18,27H,13-16H2,(H,28,29)(H,30,32). The van der Waals surface area contributed by atoms with Gasteiger partial charge in [0.1, 0.15) is 0 Å². The summed E-state index contributed by atoms with van der Waals surface area (Å²) in [5.74, 6) is -0.103. The van der Waals surface area contributed by atoms with E-state index in [4.69, 9.17) is 0 Å². The normalized spacial score (nSPS) is 13.7. The van der Waals surface area contributed by atoms with E-state index in [0.29, 0.717) is 5.56 Å². The van der Waals surface area contributed by atoms with Crippen molar-refractivity contribution in [1.82, 2.24) is 15.3 Å². The van der Waals surface area contributed by atoms with Crippen LogP contribution in [0, 0.1) is 0 Å². The summed E-state index contributed by atoms with van der Waals surface area (Å²) in [7, 11) is 0. The number of piperazine rings is 1. The van der Waals surface area contributed by atoms with Crippen LogP contribution in [-0.4, -0.2) is 42.1 Å². The van der Waals surface area contributed by atoms with Crippen LogP contribution in [0.25, 0.3) is 22.4 Å². The van der Waals surface area contributed by atoms with Gasteiger partial charge in [0.05, 0.1) is 18.2 Å². The molecule has 0 radical (unpaired) electrons. The van der Waals surface area contributed by atoms with Crippen LogP contribution in [0.1, 0.15) is 10.4 Å². The second-order valence-corrected chi connectivity index (χ2v) is 7.86. The molecule has 1 saturated heterocycles. The third-order valence-corrected chi connectivity index (χ3v) is 5.78. The number of nitrogens with one attached hydrogen (secondary N) is 3. The Labute approximate surface area is 187 Å². The smallest absolute Gasteiger partial charge is 0.255 e. The lowest BCUT2D eigenvalue weighted by Gasteiger charge is -2.29. The molecule has 0 saturated carbocycles. The summed E-state index contributed by atoms with van der Waals surface area (Å²) >= 11 is 0. The van der Waals surface area contributed by atoms with E-state index in [1.165, 1.54) is 0 Å². The molecule has 32 heavy (non-hydrogen) atoms. The van der Waals surface area contributed by atoms with Gasteiger partial charge in [0.15, 0.2) is 0 Å². The van der Waals surface area contributed by atoms with Crippen molar-refractivity contribution in [1.29, 1.82) is 0 Å². The number of carbonyl (C=O) groups excluding carboxylic acids is 1. The minimum Gasteiger partial charge on any atom is -0.369 e. The Morgan fingerprint density at radius 1 is 0.812 bits per heavy atom. The fourth-order valence-electron chi connectivity index (χ4n) is 3.95. The Balaban J connectivity index is 1.23. The maximum absolute atomic E-state index is 12.7. The van der Waals surface area contributed by atoms with Gasteiger partial charge in [0.2, 0.25) is 0 Å². The van der Waals surface area contributed by atoms with Crippen LogP contribution in [-0.2, 0) is 0 Å². The number of aromatic amines is 1. The van der Waals surface area contributed by atoms with Gasteiger partial charge in [-0.15, -0.1) is 0 Å². The van der Waals surface area contributed by atoms with E-state index in [-0.39, 0.29) is 5.91 Å². The van der Waals surface area contributed by atoms with Crippen LogP contribution in [0.15, 0.2) is 85.3 Å². The Morgan fingerprint density at radius 3 is 2.06 bits per heavy atom. The van der Waals surface area contributed by atoms with Crippen molar-refractivity contribution in [3.05, 3.63) is 90.9 Å². The van der Waals surface area contributed by atoms with Gasteiger partial charge in [-0.2, -0.15) is 0 Å². The predicted molar refractivity (Wildman–Crippen MR) is 129 cm³/mol. The van der Waals surface area contributed by atoms with Crippen LogP contribution in [0.4, 0.5) is 11.4 Å². The lowest BCUT2D eigenvalue weighted by atomic mass is 10.0. The molecule has 3 aromatic carbocycles. The average Bonchev–Trinajstić information content (AvgIpc) is 3.40. The van der Waals surface area contributed by atoms with Crippen LogP contribution >= 0.6 is 0 Å². The quantitative estimate of drug-likeness (QED) is 0.445. The number of nitrogens with zero attached hydrogens (tertiary/aromatic N) is 2. The van der Waals surface area contributed by atoms with Crippen molar-refractivity contribution in [2.75, 3.05) is 36.4 Å². The van der Waals surface area contributed by atoms with E-state index in [1.807, 2.05) is 54.7 Å². The van der Waals surface area contributed by atoms with Crippen LogP contribution in [0.3, 0.4) is 0 Å². The van der Waals surface area contributed by atoms with Gasteiger partial charge >= 0.3 is 0 Å². The summed E-state index contributed by atoms with van der Waals surface area (Å²) in [6.07, 6.45) is 3.49. The third-order valence-electron chi connectivity index (χ3n) is 5.78. The highest BCUT2D eigenvalue weighted by molar-refractivity contribution is 6.04. The first kappa shape index (κ1) is 20.0. The molecule has 0 spiro atoms. The highest BCUT2D eigenvalue weighted by Gasteiger charge is 2.12. The van der Waals surface area contributed by atoms with Gasteiger partial charge in [-0.3, -0.25) is 4.79 Å². The Hall–Kier alpha value is -3.90. The SMILES string of the molecule is O=C(Nc1ccc(-c2ccc(-c3cnc[nH]3)cc2)cc1)c1ccc(N2CCNCC2)cc1. The fourth-order valence-corrected chi connectivity index (χ4v) is 3.95. The van der Waals surface area contributed by atoms with E-state index >= 15 is 0 Å². The summed E-state index contributed by atoms with van der Waals surface area (Å²) < 4.78 is 0. The number of aromatic nitrogens is 2. The largest absolute Gasteiger partial charge is 0.369 e. The second-order valence-electron chi connectivity index (χ2n) is 7.86. The van der Waals surface area contributed by atoms with E-state index in [0.717, 1.165) is 59.9 Å². The molecule has 2 heterocycles. The van der Waals surface area contributed by atoms with Gasteiger partial charge < -0.3 is 20.5 Å². The van der Waals surface area contributed by atoms with Gasteiger partial charge in [0.25, 0.3) is 5.91 Å². The highest BCUT2D eigenvalue weighted by Crippen LogP contribution is 2.25. The summed E-state index contributed by atoms with van der Waals surface area (Å²) in [6, 6.07) is 24.1. The molecular weight excluding hydrogens is 398 g/mol. The summed E-state index contributed by atoms with van der Waals surface area (Å²) in [6.45, 7) is 3.97. The molecule has 0 unspecified atom stereocenters. The number of imidazole rings is 1. The van der Waals surface area contributed by atoms with Crippen molar-refractivity contribution in [2.24, 2.45) is 0 Å². The molecule has 0 aliphatic carbocycles. The molecule has 0 bridgehead atoms. The first-order chi connectivity index (χ1) is 15.8.